The highest BCUT2D eigenvalue weighted by Crippen LogP contribution is 2.20. The summed E-state index contributed by atoms with van der Waals surface area (Å²) < 4.78 is 5.00. The normalized spacial score (nSPS) is 14.7. The number of likely N-dealkylation sites (tertiary alicyclic amines) is 1. The molecule has 0 saturated carbocycles. The van der Waals surface area contributed by atoms with Crippen LogP contribution in [0.2, 0.25) is 0 Å². The highest BCUT2D eigenvalue weighted by Gasteiger charge is 2.25. The quantitative estimate of drug-likeness (QED) is 0.811. The molecule has 154 valence electrons. The average Bonchev–Trinajstić information content (AvgIpc) is 2.66. The van der Waals surface area contributed by atoms with Crippen LogP contribution in [0.25, 0.3) is 0 Å². The van der Waals surface area contributed by atoms with E-state index in [0.29, 0.717) is 44.1 Å². The van der Waals surface area contributed by atoms with Crippen molar-refractivity contribution in [3.8, 4) is 0 Å². The largest absolute Gasteiger partial charge is 0.450 e. The van der Waals surface area contributed by atoms with Gasteiger partial charge in [0.25, 0.3) is 0 Å². The van der Waals surface area contributed by atoms with Crippen molar-refractivity contribution in [2.75, 3.05) is 31.1 Å². The fourth-order valence-corrected chi connectivity index (χ4v) is 3.26. The predicted octanol–water partition coefficient (Wildman–Crippen LogP) is 2.90. The molecule has 0 atom stereocenters. The number of hydrogen-bond acceptors (Lipinski definition) is 4. The Bertz CT molecular complexity index is 679. The topological polar surface area (TPSA) is 79.0 Å². The molecule has 1 fully saturated rings. The molecule has 3 amide bonds. The Hall–Kier alpha value is -2.57. The number of hydrogen-bond donors (Lipinski definition) is 1. The number of rotatable bonds is 6. The zero-order chi connectivity index (χ0) is 20.7. The number of carbonyl (C=O) groups is 3. The number of benzene rings is 1. The van der Waals surface area contributed by atoms with E-state index in [9.17, 15) is 14.4 Å². The molecule has 2 rings (SSSR count). The van der Waals surface area contributed by atoms with E-state index in [2.05, 4.69) is 19.2 Å². The van der Waals surface area contributed by atoms with Gasteiger partial charge in [-0.2, -0.15) is 0 Å². The van der Waals surface area contributed by atoms with Crippen LogP contribution in [0.5, 0.6) is 0 Å². The van der Waals surface area contributed by atoms with E-state index >= 15 is 0 Å². The van der Waals surface area contributed by atoms with Gasteiger partial charge in [-0.25, -0.2) is 4.79 Å². The van der Waals surface area contributed by atoms with Crippen LogP contribution in [-0.4, -0.2) is 55.1 Å². The van der Waals surface area contributed by atoms with E-state index in [1.54, 1.807) is 11.8 Å². The maximum atomic E-state index is 12.5. The van der Waals surface area contributed by atoms with Crippen molar-refractivity contribution in [3.05, 3.63) is 29.8 Å². The third-order valence-corrected chi connectivity index (χ3v) is 4.94. The summed E-state index contributed by atoms with van der Waals surface area (Å²) in [6.45, 7) is 8.90. The minimum Gasteiger partial charge on any atom is -0.450 e. The third-order valence-electron chi connectivity index (χ3n) is 4.94. The summed E-state index contributed by atoms with van der Waals surface area (Å²) in [5.74, 6) is 0.0332. The molecule has 0 spiro atoms. The maximum absolute atomic E-state index is 12.5. The predicted molar refractivity (Wildman–Crippen MR) is 108 cm³/mol. The van der Waals surface area contributed by atoms with Gasteiger partial charge in [0.05, 0.1) is 6.61 Å². The summed E-state index contributed by atoms with van der Waals surface area (Å²) >= 11 is 0. The van der Waals surface area contributed by atoms with Crippen molar-refractivity contribution in [3.63, 3.8) is 0 Å². The molecule has 1 aromatic carbocycles. The SMILES string of the molecule is CCOC(=O)N1CCC(NC(=O)CN(C(C)=O)c2ccc(C(C)C)cc2)CC1. The highest BCUT2D eigenvalue weighted by molar-refractivity contribution is 5.97. The van der Waals surface area contributed by atoms with E-state index in [4.69, 9.17) is 4.74 Å². The molecule has 0 aromatic heterocycles. The first-order valence-corrected chi connectivity index (χ1v) is 9.91. The molecule has 1 aliphatic rings. The van der Waals surface area contributed by atoms with E-state index in [-0.39, 0.29) is 30.5 Å². The van der Waals surface area contributed by atoms with E-state index in [0.717, 1.165) is 0 Å². The molecule has 1 saturated heterocycles. The molecule has 7 nitrogen and oxygen atoms in total. The zero-order valence-electron chi connectivity index (χ0n) is 17.2. The highest BCUT2D eigenvalue weighted by atomic mass is 16.6. The molecule has 7 heteroatoms. The zero-order valence-corrected chi connectivity index (χ0v) is 17.2. The Morgan fingerprint density at radius 3 is 2.29 bits per heavy atom. The molecular formula is C21H31N3O4. The third kappa shape index (κ3) is 5.97. The second kappa shape index (κ2) is 10.1. The van der Waals surface area contributed by atoms with Gasteiger partial charge >= 0.3 is 6.09 Å². The summed E-state index contributed by atoms with van der Waals surface area (Å²) in [4.78, 5) is 39.4. The lowest BCUT2D eigenvalue weighted by molar-refractivity contribution is -0.123. The molecule has 1 aliphatic heterocycles. The number of carbonyl (C=O) groups excluding carboxylic acids is 3. The molecular weight excluding hydrogens is 358 g/mol. The molecule has 0 unspecified atom stereocenters. The van der Waals surface area contributed by atoms with Gasteiger partial charge in [-0.05, 0) is 43.4 Å². The van der Waals surface area contributed by atoms with Gasteiger partial charge in [-0.1, -0.05) is 26.0 Å². The smallest absolute Gasteiger partial charge is 0.409 e. The van der Waals surface area contributed by atoms with Gasteiger partial charge in [0.1, 0.15) is 6.54 Å². The Morgan fingerprint density at radius 2 is 1.79 bits per heavy atom. The Balaban J connectivity index is 1.89. The lowest BCUT2D eigenvalue weighted by atomic mass is 10.0. The monoisotopic (exact) mass is 389 g/mol. The van der Waals surface area contributed by atoms with Gasteiger partial charge in [0.2, 0.25) is 11.8 Å². The molecule has 0 radical (unpaired) electrons. The van der Waals surface area contributed by atoms with E-state index < -0.39 is 0 Å². The van der Waals surface area contributed by atoms with Gasteiger partial charge in [-0.15, -0.1) is 0 Å². The van der Waals surface area contributed by atoms with Crippen LogP contribution >= 0.6 is 0 Å². The number of nitrogens with zero attached hydrogens (tertiary/aromatic N) is 2. The maximum Gasteiger partial charge on any atom is 0.409 e. The summed E-state index contributed by atoms with van der Waals surface area (Å²) in [5, 5.41) is 2.98. The number of piperidine rings is 1. The van der Waals surface area contributed by atoms with Crippen LogP contribution in [0, 0.1) is 0 Å². The fourth-order valence-electron chi connectivity index (χ4n) is 3.26. The fraction of sp³-hybridized carbons (Fsp3) is 0.571. The molecule has 0 bridgehead atoms. The second-order valence-corrected chi connectivity index (χ2v) is 7.38. The lowest BCUT2D eigenvalue weighted by Gasteiger charge is -2.32. The van der Waals surface area contributed by atoms with Crippen LogP contribution in [0.4, 0.5) is 10.5 Å². The van der Waals surface area contributed by atoms with Crippen molar-refractivity contribution in [1.82, 2.24) is 10.2 Å². The summed E-state index contributed by atoms with van der Waals surface area (Å²) in [6, 6.07) is 7.72. The Morgan fingerprint density at radius 1 is 1.18 bits per heavy atom. The summed E-state index contributed by atoms with van der Waals surface area (Å²) in [6.07, 6.45) is 1.04. The summed E-state index contributed by atoms with van der Waals surface area (Å²) in [5.41, 5.74) is 1.90. The van der Waals surface area contributed by atoms with E-state index in [1.165, 1.54) is 17.4 Å². The first-order chi connectivity index (χ1) is 13.3. The molecule has 1 N–H and O–H groups in total. The van der Waals surface area contributed by atoms with Crippen molar-refractivity contribution in [2.45, 2.75) is 52.5 Å². The Labute approximate surface area is 167 Å². The second-order valence-electron chi connectivity index (χ2n) is 7.38. The van der Waals surface area contributed by atoms with Crippen molar-refractivity contribution >= 4 is 23.6 Å². The van der Waals surface area contributed by atoms with Crippen LogP contribution in [0.1, 0.15) is 52.0 Å². The number of anilines is 1. The van der Waals surface area contributed by atoms with Crippen LogP contribution in [-0.2, 0) is 14.3 Å². The first kappa shape index (κ1) is 21.7. The first-order valence-electron chi connectivity index (χ1n) is 9.91. The van der Waals surface area contributed by atoms with Gasteiger partial charge in [0.15, 0.2) is 0 Å². The number of amides is 3. The van der Waals surface area contributed by atoms with Crippen molar-refractivity contribution in [1.29, 1.82) is 0 Å². The minimum absolute atomic E-state index is 0.00435. The molecule has 1 heterocycles. The number of nitrogens with one attached hydrogen (secondary N) is 1. The van der Waals surface area contributed by atoms with Gasteiger partial charge < -0.3 is 19.9 Å². The molecule has 1 aromatic rings. The van der Waals surface area contributed by atoms with Crippen molar-refractivity contribution < 1.29 is 19.1 Å². The van der Waals surface area contributed by atoms with E-state index in [1.807, 2.05) is 24.3 Å². The van der Waals surface area contributed by atoms with Gasteiger partial charge in [-0.3, -0.25) is 9.59 Å². The minimum atomic E-state index is -0.306. The Kier molecular flexibility index (Phi) is 7.84. The summed E-state index contributed by atoms with van der Waals surface area (Å²) in [7, 11) is 0. The van der Waals surface area contributed by atoms with Crippen molar-refractivity contribution in [2.24, 2.45) is 0 Å². The van der Waals surface area contributed by atoms with Gasteiger partial charge in [0, 0.05) is 31.7 Å². The lowest BCUT2D eigenvalue weighted by Crippen LogP contribution is -2.49. The van der Waals surface area contributed by atoms with Crippen LogP contribution in [0.3, 0.4) is 0 Å². The number of ether oxygens (including phenoxy) is 1. The molecule has 0 aliphatic carbocycles. The van der Waals surface area contributed by atoms with Crippen LogP contribution < -0.4 is 10.2 Å². The standard InChI is InChI=1S/C21H31N3O4/c1-5-28-21(27)23-12-10-18(11-13-23)22-20(26)14-24(16(4)25)19-8-6-17(7-9-19)15(2)3/h6-9,15,18H,5,10-14H2,1-4H3,(H,22,26). The molecule has 28 heavy (non-hydrogen) atoms. The van der Waals surface area contributed by atoms with Crippen LogP contribution in [0.15, 0.2) is 24.3 Å². The average molecular weight is 389 g/mol.